The predicted molar refractivity (Wildman–Crippen MR) is 77.7 cm³/mol. The molecule has 1 saturated heterocycles. The van der Waals surface area contributed by atoms with Crippen molar-refractivity contribution in [2.45, 2.75) is 19.4 Å². The summed E-state index contributed by atoms with van der Waals surface area (Å²) in [5, 5.41) is 13.6. The number of hydrogen-bond acceptors (Lipinski definition) is 4. The number of piperazine rings is 1. The minimum atomic E-state index is 0.213. The Hall–Kier alpha value is -0.780. The average molecular weight is 314 g/mol. The molecule has 1 fully saturated rings. The van der Waals surface area contributed by atoms with Gasteiger partial charge in [0, 0.05) is 42.3 Å². The van der Waals surface area contributed by atoms with Crippen molar-refractivity contribution < 1.29 is 5.11 Å². The van der Waals surface area contributed by atoms with Crippen molar-refractivity contribution in [3.05, 3.63) is 22.2 Å². The normalized spacial score (nSPS) is 18.8. The summed E-state index contributed by atoms with van der Waals surface area (Å²) in [5.41, 5.74) is 7.17. The predicted octanol–water partition coefficient (Wildman–Crippen LogP) is 2.09. The lowest BCUT2D eigenvalue weighted by Crippen LogP contribution is -2.45. The van der Waals surface area contributed by atoms with Gasteiger partial charge in [-0.15, -0.1) is 0 Å². The van der Waals surface area contributed by atoms with Crippen LogP contribution in [-0.4, -0.2) is 36.2 Å². The van der Waals surface area contributed by atoms with Crippen LogP contribution in [0.5, 0.6) is 5.75 Å². The SMILES string of the molecule is CC[C@H](c1c(Br)ccc(N)c1O)N1CCNCC1. The van der Waals surface area contributed by atoms with Crippen LogP contribution in [0.1, 0.15) is 24.9 Å². The summed E-state index contributed by atoms with van der Waals surface area (Å²) in [4.78, 5) is 2.40. The first kappa shape index (κ1) is 13.6. The zero-order valence-electron chi connectivity index (χ0n) is 10.6. The Balaban J connectivity index is 2.34. The van der Waals surface area contributed by atoms with Crippen LogP contribution in [0.2, 0.25) is 0 Å². The van der Waals surface area contributed by atoms with Crippen molar-refractivity contribution in [2.24, 2.45) is 0 Å². The van der Waals surface area contributed by atoms with Crippen molar-refractivity contribution in [1.82, 2.24) is 10.2 Å². The number of nitrogens with two attached hydrogens (primary N) is 1. The molecule has 2 rings (SSSR count). The highest BCUT2D eigenvalue weighted by molar-refractivity contribution is 9.10. The van der Waals surface area contributed by atoms with E-state index in [-0.39, 0.29) is 11.8 Å². The maximum atomic E-state index is 10.2. The van der Waals surface area contributed by atoms with Gasteiger partial charge in [0.2, 0.25) is 0 Å². The molecule has 4 nitrogen and oxygen atoms in total. The lowest BCUT2D eigenvalue weighted by atomic mass is 10.00. The third-order valence-corrected chi connectivity index (χ3v) is 4.20. The van der Waals surface area contributed by atoms with Gasteiger partial charge in [-0.3, -0.25) is 4.90 Å². The Labute approximate surface area is 116 Å². The van der Waals surface area contributed by atoms with Crippen LogP contribution < -0.4 is 11.1 Å². The third kappa shape index (κ3) is 2.63. The maximum absolute atomic E-state index is 10.2. The Morgan fingerprint density at radius 2 is 2.11 bits per heavy atom. The van der Waals surface area contributed by atoms with Crippen LogP contribution in [0.15, 0.2) is 16.6 Å². The number of nitrogen functional groups attached to an aromatic ring is 1. The van der Waals surface area contributed by atoms with Crippen molar-refractivity contribution in [1.29, 1.82) is 0 Å². The smallest absolute Gasteiger partial charge is 0.144 e. The summed E-state index contributed by atoms with van der Waals surface area (Å²) in [6, 6.07) is 3.85. The zero-order valence-corrected chi connectivity index (χ0v) is 12.2. The number of hydrogen-bond donors (Lipinski definition) is 3. The largest absolute Gasteiger partial charge is 0.505 e. The molecule has 0 aromatic heterocycles. The van der Waals surface area contributed by atoms with Gasteiger partial charge >= 0.3 is 0 Å². The number of benzene rings is 1. The van der Waals surface area contributed by atoms with Crippen molar-refractivity contribution >= 4 is 21.6 Å². The Bertz CT molecular complexity index is 419. The van der Waals surface area contributed by atoms with E-state index in [9.17, 15) is 5.11 Å². The minimum Gasteiger partial charge on any atom is -0.505 e. The van der Waals surface area contributed by atoms with E-state index in [4.69, 9.17) is 5.73 Å². The van der Waals surface area contributed by atoms with E-state index in [1.807, 2.05) is 6.07 Å². The molecule has 0 aliphatic carbocycles. The molecule has 4 N–H and O–H groups in total. The summed E-state index contributed by atoms with van der Waals surface area (Å²) < 4.78 is 0.930. The first-order chi connectivity index (χ1) is 8.65. The third-order valence-electron chi connectivity index (χ3n) is 3.51. The van der Waals surface area contributed by atoms with Crippen LogP contribution in [-0.2, 0) is 0 Å². The monoisotopic (exact) mass is 313 g/mol. The van der Waals surface area contributed by atoms with Crippen LogP contribution >= 0.6 is 15.9 Å². The fraction of sp³-hybridized carbons (Fsp3) is 0.538. The van der Waals surface area contributed by atoms with E-state index in [0.717, 1.165) is 42.6 Å². The lowest BCUT2D eigenvalue weighted by molar-refractivity contribution is 0.166. The Kier molecular flexibility index (Phi) is 4.48. The van der Waals surface area contributed by atoms with Crippen LogP contribution in [0.3, 0.4) is 0 Å². The van der Waals surface area contributed by atoms with E-state index in [2.05, 4.69) is 33.1 Å². The number of rotatable bonds is 3. The van der Waals surface area contributed by atoms with Gasteiger partial charge < -0.3 is 16.2 Å². The molecule has 1 aromatic carbocycles. The van der Waals surface area contributed by atoms with E-state index >= 15 is 0 Å². The van der Waals surface area contributed by atoms with Crippen molar-refractivity contribution in [2.75, 3.05) is 31.9 Å². The molecule has 1 atom stereocenters. The van der Waals surface area contributed by atoms with Crippen molar-refractivity contribution in [3.63, 3.8) is 0 Å². The van der Waals surface area contributed by atoms with Gasteiger partial charge in [0.15, 0.2) is 0 Å². The highest BCUT2D eigenvalue weighted by atomic mass is 79.9. The van der Waals surface area contributed by atoms with Gasteiger partial charge in [-0.05, 0) is 18.6 Å². The summed E-state index contributed by atoms with van der Waals surface area (Å²) in [6.07, 6.45) is 0.954. The van der Waals surface area contributed by atoms with Gasteiger partial charge in [-0.1, -0.05) is 22.9 Å². The molecular formula is C13H20BrN3O. The van der Waals surface area contributed by atoms with Gasteiger partial charge in [0.05, 0.1) is 5.69 Å². The molecule has 0 unspecified atom stereocenters. The highest BCUT2D eigenvalue weighted by Gasteiger charge is 2.25. The van der Waals surface area contributed by atoms with Gasteiger partial charge in [0.1, 0.15) is 5.75 Å². The summed E-state index contributed by atoms with van der Waals surface area (Å²) in [5.74, 6) is 0.217. The molecule has 5 heteroatoms. The zero-order chi connectivity index (χ0) is 13.1. The Morgan fingerprint density at radius 3 is 2.72 bits per heavy atom. The summed E-state index contributed by atoms with van der Waals surface area (Å²) in [6.45, 7) is 6.13. The second kappa shape index (κ2) is 5.91. The maximum Gasteiger partial charge on any atom is 0.144 e. The van der Waals surface area contributed by atoms with Crippen LogP contribution in [0, 0.1) is 0 Å². The van der Waals surface area contributed by atoms with Crippen LogP contribution in [0.4, 0.5) is 5.69 Å². The van der Waals surface area contributed by atoms with E-state index in [1.54, 1.807) is 6.07 Å². The molecule has 18 heavy (non-hydrogen) atoms. The molecule has 0 radical (unpaired) electrons. The lowest BCUT2D eigenvalue weighted by Gasteiger charge is -2.35. The quantitative estimate of drug-likeness (QED) is 0.591. The second-order valence-corrected chi connectivity index (χ2v) is 5.46. The van der Waals surface area contributed by atoms with E-state index in [1.165, 1.54) is 0 Å². The molecule has 0 amide bonds. The number of nitrogens with one attached hydrogen (secondary N) is 1. The molecule has 1 heterocycles. The summed E-state index contributed by atoms with van der Waals surface area (Å²) >= 11 is 3.53. The molecular weight excluding hydrogens is 294 g/mol. The average Bonchev–Trinajstić information content (AvgIpc) is 2.40. The van der Waals surface area contributed by atoms with Crippen LogP contribution in [0.25, 0.3) is 0 Å². The van der Waals surface area contributed by atoms with Crippen molar-refractivity contribution in [3.8, 4) is 5.75 Å². The molecule has 1 aliphatic rings. The standard InChI is InChI=1S/C13H20BrN3O/c1-2-11(17-7-5-16-6-8-17)12-9(14)3-4-10(15)13(12)18/h3-4,11,16,18H,2,5-8,15H2,1H3/t11-/m1/s1. The van der Waals surface area contributed by atoms with E-state index < -0.39 is 0 Å². The number of anilines is 1. The molecule has 1 aliphatic heterocycles. The fourth-order valence-corrected chi connectivity index (χ4v) is 3.14. The van der Waals surface area contributed by atoms with Gasteiger partial charge in [0.25, 0.3) is 0 Å². The van der Waals surface area contributed by atoms with Gasteiger partial charge in [-0.2, -0.15) is 0 Å². The fourth-order valence-electron chi connectivity index (χ4n) is 2.56. The molecule has 0 spiro atoms. The molecule has 100 valence electrons. The number of halogens is 1. The molecule has 0 bridgehead atoms. The number of nitrogens with zero attached hydrogens (tertiary/aromatic N) is 1. The van der Waals surface area contributed by atoms with Gasteiger partial charge in [-0.25, -0.2) is 0 Å². The minimum absolute atomic E-state index is 0.213. The first-order valence-corrected chi connectivity index (χ1v) is 7.16. The molecule has 1 aromatic rings. The molecule has 0 saturated carbocycles. The number of phenolic OH excluding ortho intramolecular Hbond substituents is 1. The second-order valence-electron chi connectivity index (χ2n) is 4.61. The first-order valence-electron chi connectivity index (χ1n) is 6.36. The number of phenols is 1. The Morgan fingerprint density at radius 1 is 1.44 bits per heavy atom. The summed E-state index contributed by atoms with van der Waals surface area (Å²) in [7, 11) is 0. The topological polar surface area (TPSA) is 61.5 Å². The highest BCUT2D eigenvalue weighted by Crippen LogP contribution is 2.40. The van der Waals surface area contributed by atoms with E-state index in [0.29, 0.717) is 5.69 Å². The number of aromatic hydroxyl groups is 1.